The maximum absolute atomic E-state index is 12.8. The maximum Gasteiger partial charge on any atom is 0.200 e. The molecular formula is C19H26O4. The van der Waals surface area contributed by atoms with Crippen molar-refractivity contribution in [2.24, 2.45) is 11.3 Å². The van der Waals surface area contributed by atoms with Gasteiger partial charge in [0.25, 0.3) is 0 Å². The molecule has 4 heteroatoms. The molecule has 0 aliphatic heterocycles. The highest BCUT2D eigenvalue weighted by Gasteiger charge is 2.35. The lowest BCUT2D eigenvalue weighted by atomic mass is 9.70. The average molecular weight is 318 g/mol. The summed E-state index contributed by atoms with van der Waals surface area (Å²) < 4.78 is 10.4. The Labute approximate surface area is 138 Å². The van der Waals surface area contributed by atoms with Crippen LogP contribution in [0.2, 0.25) is 0 Å². The molecule has 4 nitrogen and oxygen atoms in total. The molecule has 1 N–H and O–H groups in total. The number of ether oxygens (including phenoxy) is 2. The summed E-state index contributed by atoms with van der Waals surface area (Å²) in [5, 5.41) is 9.98. The van der Waals surface area contributed by atoms with Gasteiger partial charge in [-0.05, 0) is 54.0 Å². The Balaban J connectivity index is 2.39. The molecule has 2 rings (SSSR count). The number of benzene rings is 1. The van der Waals surface area contributed by atoms with E-state index in [1.54, 1.807) is 12.1 Å². The van der Waals surface area contributed by atoms with Gasteiger partial charge >= 0.3 is 0 Å². The molecule has 126 valence electrons. The molecule has 1 aliphatic carbocycles. The fourth-order valence-corrected chi connectivity index (χ4v) is 3.14. The van der Waals surface area contributed by atoms with Crippen LogP contribution in [0, 0.1) is 11.3 Å². The molecule has 0 unspecified atom stereocenters. The minimum atomic E-state index is -0.0281. The van der Waals surface area contributed by atoms with E-state index in [0.717, 1.165) is 30.4 Å². The quantitative estimate of drug-likeness (QED) is 0.848. The topological polar surface area (TPSA) is 55.8 Å². The zero-order valence-electron chi connectivity index (χ0n) is 14.6. The van der Waals surface area contributed by atoms with Gasteiger partial charge in [0.2, 0.25) is 5.75 Å². The molecule has 0 saturated heterocycles. The van der Waals surface area contributed by atoms with Crippen molar-refractivity contribution in [1.82, 2.24) is 0 Å². The molecule has 1 aromatic carbocycles. The molecular weight excluding hydrogens is 292 g/mol. The predicted octanol–water partition coefficient (Wildman–Crippen LogP) is 4.21. The zero-order valence-corrected chi connectivity index (χ0v) is 14.6. The summed E-state index contributed by atoms with van der Waals surface area (Å²) in [4.78, 5) is 12.8. The van der Waals surface area contributed by atoms with E-state index in [0.29, 0.717) is 11.5 Å². The monoisotopic (exact) mass is 318 g/mol. The summed E-state index contributed by atoms with van der Waals surface area (Å²) >= 11 is 0. The van der Waals surface area contributed by atoms with Gasteiger partial charge in [0, 0.05) is 5.92 Å². The highest BCUT2D eigenvalue weighted by molar-refractivity contribution is 6.02. The van der Waals surface area contributed by atoms with Gasteiger partial charge in [0.05, 0.1) is 14.2 Å². The van der Waals surface area contributed by atoms with Gasteiger partial charge < -0.3 is 14.6 Å². The first-order chi connectivity index (χ1) is 10.8. The van der Waals surface area contributed by atoms with E-state index in [-0.39, 0.29) is 22.9 Å². The normalized spacial score (nSPS) is 20.7. The number of methoxy groups -OCH3 is 2. The van der Waals surface area contributed by atoms with E-state index in [4.69, 9.17) is 9.47 Å². The van der Waals surface area contributed by atoms with Crippen LogP contribution in [0.15, 0.2) is 17.7 Å². The SMILES string of the molecule is COc1cc(/C=C2\CCC[C@@H](C(C)(C)C)C2=O)cc(OC)c1O. The van der Waals surface area contributed by atoms with E-state index in [1.807, 2.05) is 6.08 Å². The minimum absolute atomic E-state index is 0.0269. The average Bonchev–Trinajstić information content (AvgIpc) is 2.49. The third-order valence-electron chi connectivity index (χ3n) is 4.46. The molecule has 1 aliphatic rings. The predicted molar refractivity (Wildman–Crippen MR) is 91.0 cm³/mol. The fraction of sp³-hybridized carbons (Fsp3) is 0.526. The minimum Gasteiger partial charge on any atom is -0.502 e. The van der Waals surface area contributed by atoms with Gasteiger partial charge in [-0.2, -0.15) is 0 Å². The highest BCUT2D eigenvalue weighted by atomic mass is 16.5. The number of rotatable bonds is 3. The first kappa shape index (κ1) is 17.4. The molecule has 0 amide bonds. The van der Waals surface area contributed by atoms with Crippen molar-refractivity contribution >= 4 is 11.9 Å². The van der Waals surface area contributed by atoms with Crippen LogP contribution in [-0.4, -0.2) is 25.1 Å². The van der Waals surface area contributed by atoms with Crippen molar-refractivity contribution in [3.8, 4) is 17.2 Å². The van der Waals surface area contributed by atoms with Gasteiger partial charge in [0.1, 0.15) is 0 Å². The van der Waals surface area contributed by atoms with Crippen LogP contribution in [0.25, 0.3) is 6.08 Å². The zero-order chi connectivity index (χ0) is 17.2. The van der Waals surface area contributed by atoms with Crippen LogP contribution in [0.5, 0.6) is 17.2 Å². The number of hydrogen-bond donors (Lipinski definition) is 1. The molecule has 0 radical (unpaired) electrons. The largest absolute Gasteiger partial charge is 0.502 e. The van der Waals surface area contributed by atoms with Crippen LogP contribution in [0.4, 0.5) is 0 Å². The van der Waals surface area contributed by atoms with E-state index >= 15 is 0 Å². The summed E-state index contributed by atoms with van der Waals surface area (Å²) in [5.74, 6) is 0.941. The van der Waals surface area contributed by atoms with Gasteiger partial charge in [-0.3, -0.25) is 4.79 Å². The van der Waals surface area contributed by atoms with Crippen LogP contribution in [0.3, 0.4) is 0 Å². The number of phenols is 1. The Kier molecular flexibility index (Phi) is 5.03. The summed E-state index contributed by atoms with van der Waals surface area (Å²) in [7, 11) is 2.99. The number of carbonyl (C=O) groups is 1. The number of aromatic hydroxyl groups is 1. The number of ketones is 1. The third-order valence-corrected chi connectivity index (χ3v) is 4.46. The summed E-state index contributed by atoms with van der Waals surface area (Å²) in [5.41, 5.74) is 1.61. The van der Waals surface area contributed by atoms with E-state index in [9.17, 15) is 9.90 Å². The van der Waals surface area contributed by atoms with Gasteiger partial charge in [-0.1, -0.05) is 20.8 Å². The second-order valence-corrected chi connectivity index (χ2v) is 7.12. The first-order valence-electron chi connectivity index (χ1n) is 7.97. The molecule has 1 fully saturated rings. The Hall–Kier alpha value is -1.97. The van der Waals surface area contributed by atoms with Gasteiger partial charge in [-0.25, -0.2) is 0 Å². The van der Waals surface area contributed by atoms with Crippen LogP contribution < -0.4 is 9.47 Å². The van der Waals surface area contributed by atoms with Crippen molar-refractivity contribution < 1.29 is 19.4 Å². The fourth-order valence-electron chi connectivity index (χ4n) is 3.14. The number of carbonyl (C=O) groups excluding carboxylic acids is 1. The summed E-state index contributed by atoms with van der Waals surface area (Å²) in [6.45, 7) is 6.35. The Morgan fingerprint density at radius 1 is 1.17 bits per heavy atom. The van der Waals surface area contributed by atoms with Gasteiger partial charge in [0.15, 0.2) is 17.3 Å². The molecule has 23 heavy (non-hydrogen) atoms. The lowest BCUT2D eigenvalue weighted by Crippen LogP contribution is -2.32. The van der Waals surface area contributed by atoms with Crippen molar-refractivity contribution in [1.29, 1.82) is 0 Å². The van der Waals surface area contributed by atoms with Crippen molar-refractivity contribution in [3.63, 3.8) is 0 Å². The summed E-state index contributed by atoms with van der Waals surface area (Å²) in [6.07, 6.45) is 4.65. The highest BCUT2D eigenvalue weighted by Crippen LogP contribution is 2.40. The lowest BCUT2D eigenvalue weighted by molar-refractivity contribution is -0.123. The smallest absolute Gasteiger partial charge is 0.200 e. The molecule has 1 aromatic rings. The number of hydrogen-bond acceptors (Lipinski definition) is 4. The molecule has 0 aromatic heterocycles. The van der Waals surface area contributed by atoms with Crippen molar-refractivity contribution in [3.05, 3.63) is 23.3 Å². The summed E-state index contributed by atoms with van der Waals surface area (Å²) in [6, 6.07) is 3.44. The van der Waals surface area contributed by atoms with Crippen LogP contribution in [0.1, 0.15) is 45.6 Å². The van der Waals surface area contributed by atoms with Crippen molar-refractivity contribution in [2.45, 2.75) is 40.0 Å². The number of phenolic OH excluding ortho intramolecular Hbond substituents is 1. The van der Waals surface area contributed by atoms with Gasteiger partial charge in [-0.15, -0.1) is 0 Å². The van der Waals surface area contributed by atoms with Crippen molar-refractivity contribution in [2.75, 3.05) is 14.2 Å². The molecule has 0 spiro atoms. The Morgan fingerprint density at radius 2 is 1.74 bits per heavy atom. The second-order valence-electron chi connectivity index (χ2n) is 7.12. The first-order valence-corrected chi connectivity index (χ1v) is 7.97. The number of Topliss-reactive ketones (excluding diaryl/α,β-unsaturated/α-hetero) is 1. The lowest BCUT2D eigenvalue weighted by Gasteiger charge is -2.33. The Bertz CT molecular complexity index is 598. The molecule has 1 saturated carbocycles. The molecule has 0 heterocycles. The van der Waals surface area contributed by atoms with E-state index < -0.39 is 0 Å². The molecule has 1 atom stereocenters. The maximum atomic E-state index is 12.8. The standard InChI is InChI=1S/C19H26O4/c1-19(2,3)14-8-6-7-13(17(14)20)9-12-10-15(22-4)18(21)16(11-12)23-5/h9-11,14,21H,6-8H2,1-5H3/b13-9+/t14-/m1/s1. The number of allylic oxidation sites excluding steroid dienone is 1. The van der Waals surface area contributed by atoms with E-state index in [2.05, 4.69) is 20.8 Å². The van der Waals surface area contributed by atoms with Crippen LogP contribution in [-0.2, 0) is 4.79 Å². The molecule has 0 bridgehead atoms. The van der Waals surface area contributed by atoms with E-state index in [1.165, 1.54) is 14.2 Å². The van der Waals surface area contributed by atoms with Crippen LogP contribution >= 0.6 is 0 Å². The second kappa shape index (κ2) is 6.65. The third kappa shape index (κ3) is 3.69. The Morgan fingerprint density at radius 3 is 2.22 bits per heavy atom.